The summed E-state index contributed by atoms with van der Waals surface area (Å²) in [6, 6.07) is 6.47. The minimum absolute atomic E-state index is 0.0325. The van der Waals surface area contributed by atoms with Crippen molar-refractivity contribution in [1.82, 2.24) is 0 Å². The maximum Gasteiger partial charge on any atom is 0.306 e. The summed E-state index contributed by atoms with van der Waals surface area (Å²) < 4.78 is 74.5. The van der Waals surface area contributed by atoms with Crippen LogP contribution >= 0.6 is 0 Å². The van der Waals surface area contributed by atoms with Gasteiger partial charge in [-0.05, 0) is 44.2 Å². The quantitative estimate of drug-likeness (QED) is 0.321. The molecule has 0 saturated carbocycles. The van der Waals surface area contributed by atoms with E-state index in [0.29, 0.717) is 0 Å². The highest BCUT2D eigenvalue weighted by molar-refractivity contribution is 7.92. The van der Waals surface area contributed by atoms with Crippen LogP contribution in [0, 0.1) is 21.7 Å². The minimum Gasteiger partial charge on any atom is -0.396 e. The normalized spacial score (nSPS) is 11.2. The van der Waals surface area contributed by atoms with Gasteiger partial charge in [0.1, 0.15) is 5.82 Å². The van der Waals surface area contributed by atoms with Crippen LogP contribution in [-0.2, 0) is 20.0 Å². The first-order valence-corrected chi connectivity index (χ1v) is 11.6. The monoisotopic (exact) mass is 466 g/mol. The molecule has 2 rings (SSSR count). The lowest BCUT2D eigenvalue weighted by Gasteiger charge is -2.06. The second-order valence-electron chi connectivity index (χ2n) is 5.67. The van der Waals surface area contributed by atoms with Gasteiger partial charge in [-0.25, -0.2) is 21.2 Å². The van der Waals surface area contributed by atoms with E-state index in [-0.39, 0.29) is 28.6 Å². The van der Waals surface area contributed by atoms with Gasteiger partial charge in [0, 0.05) is 6.07 Å². The Labute approximate surface area is 172 Å². The molecule has 0 saturated heterocycles. The second kappa shape index (κ2) is 10.2. The highest BCUT2D eigenvalue weighted by Gasteiger charge is 2.16. The first-order chi connectivity index (χ1) is 13.8. The highest BCUT2D eigenvalue weighted by Crippen LogP contribution is 2.22. The Hall–Kier alpha value is -3.00. The average Bonchev–Trinajstić information content (AvgIpc) is 2.66. The lowest BCUT2D eigenvalue weighted by molar-refractivity contribution is -0.387. The fourth-order valence-electron chi connectivity index (χ4n) is 1.83. The zero-order chi connectivity index (χ0) is 23.1. The van der Waals surface area contributed by atoms with Crippen LogP contribution in [-0.4, -0.2) is 33.3 Å². The van der Waals surface area contributed by atoms with Crippen LogP contribution in [0.25, 0.3) is 0 Å². The number of nitrogens with zero attached hydrogens (tertiary/aromatic N) is 1. The molecule has 0 atom stereocenters. The lowest BCUT2D eigenvalue weighted by atomic mass is 10.3. The molecule has 166 valence electrons. The molecule has 0 unspecified atom stereocenters. The van der Waals surface area contributed by atoms with E-state index in [2.05, 4.69) is 9.44 Å². The molecule has 0 spiro atoms. The molecule has 2 aromatic rings. The van der Waals surface area contributed by atoms with Crippen LogP contribution in [0.15, 0.2) is 36.4 Å². The van der Waals surface area contributed by atoms with Crippen molar-refractivity contribution >= 4 is 42.8 Å². The molecule has 0 radical (unpaired) electrons. The Morgan fingerprint density at radius 1 is 0.900 bits per heavy atom. The Morgan fingerprint density at radius 2 is 1.33 bits per heavy atom. The number of anilines is 3. The first kappa shape index (κ1) is 25.0. The van der Waals surface area contributed by atoms with E-state index in [1.807, 2.05) is 0 Å². The summed E-state index contributed by atoms with van der Waals surface area (Å²) in [7, 11) is -6.85. The first-order valence-electron chi connectivity index (χ1n) is 8.30. The van der Waals surface area contributed by atoms with Gasteiger partial charge < -0.3 is 5.73 Å². The summed E-state index contributed by atoms with van der Waals surface area (Å²) in [4.78, 5) is 9.48. The van der Waals surface area contributed by atoms with Crippen LogP contribution in [0.1, 0.15) is 13.8 Å². The smallest absolute Gasteiger partial charge is 0.306 e. The van der Waals surface area contributed by atoms with E-state index in [1.165, 1.54) is 26.0 Å². The fraction of sp³-hybridized carbons (Fsp3) is 0.250. The van der Waals surface area contributed by atoms with Crippen molar-refractivity contribution in [2.24, 2.45) is 0 Å². The number of nitro benzene ring substituents is 1. The minimum atomic E-state index is -3.52. The predicted octanol–water partition coefficient (Wildman–Crippen LogP) is 2.67. The van der Waals surface area contributed by atoms with Gasteiger partial charge in [-0.3, -0.25) is 19.6 Å². The van der Waals surface area contributed by atoms with Gasteiger partial charge in [0.25, 0.3) is 0 Å². The maximum atomic E-state index is 12.9. The van der Waals surface area contributed by atoms with Crippen molar-refractivity contribution in [3.05, 3.63) is 58.1 Å². The number of sulfonamides is 2. The summed E-state index contributed by atoms with van der Waals surface area (Å²) in [5, 5.41) is 10.4. The van der Waals surface area contributed by atoms with Crippen molar-refractivity contribution < 1.29 is 30.5 Å². The molecule has 0 bridgehead atoms. The number of nitrogen functional groups attached to an aromatic ring is 1. The summed E-state index contributed by atoms with van der Waals surface area (Å²) in [5.74, 6) is -1.78. The molecule has 0 heterocycles. The van der Waals surface area contributed by atoms with E-state index in [4.69, 9.17) is 5.73 Å². The highest BCUT2D eigenvalue weighted by atomic mass is 32.2. The van der Waals surface area contributed by atoms with E-state index < -0.39 is 42.3 Å². The molecule has 10 nitrogen and oxygen atoms in total. The third kappa shape index (κ3) is 7.79. The van der Waals surface area contributed by atoms with Gasteiger partial charge in [0.2, 0.25) is 25.9 Å². The average molecular weight is 466 g/mol. The van der Waals surface area contributed by atoms with Crippen LogP contribution < -0.4 is 15.2 Å². The number of hydrogen-bond acceptors (Lipinski definition) is 7. The molecule has 2 aromatic carbocycles. The molecular formula is C16H20F2N4O6S2. The van der Waals surface area contributed by atoms with Crippen molar-refractivity contribution in [2.45, 2.75) is 13.8 Å². The fourth-order valence-corrected chi connectivity index (χ4v) is 3.09. The van der Waals surface area contributed by atoms with Crippen molar-refractivity contribution in [2.75, 3.05) is 26.7 Å². The Bertz CT molecular complexity index is 1120. The summed E-state index contributed by atoms with van der Waals surface area (Å²) in [6.07, 6.45) is 0. The largest absolute Gasteiger partial charge is 0.396 e. The van der Waals surface area contributed by atoms with Crippen molar-refractivity contribution in [3.63, 3.8) is 0 Å². The number of nitrogens with two attached hydrogens (primary N) is 1. The topological polar surface area (TPSA) is 162 Å². The van der Waals surface area contributed by atoms with Gasteiger partial charge in [-0.15, -0.1) is 0 Å². The maximum absolute atomic E-state index is 12.9. The zero-order valence-electron chi connectivity index (χ0n) is 15.9. The molecule has 0 fully saturated rings. The van der Waals surface area contributed by atoms with E-state index in [9.17, 15) is 35.7 Å². The van der Waals surface area contributed by atoms with E-state index >= 15 is 0 Å². The van der Waals surface area contributed by atoms with Crippen LogP contribution in [0.5, 0.6) is 0 Å². The predicted molar refractivity (Wildman–Crippen MR) is 110 cm³/mol. The Kier molecular flexibility index (Phi) is 8.48. The summed E-state index contributed by atoms with van der Waals surface area (Å²) >= 11 is 0. The van der Waals surface area contributed by atoms with Crippen LogP contribution in [0.3, 0.4) is 0 Å². The molecule has 4 N–H and O–H groups in total. The molecule has 0 amide bonds. The third-order valence-electron chi connectivity index (χ3n) is 3.45. The number of halogens is 2. The summed E-state index contributed by atoms with van der Waals surface area (Å²) in [5.41, 5.74) is 4.66. The van der Waals surface area contributed by atoms with Gasteiger partial charge in [-0.1, -0.05) is 0 Å². The number of rotatable bonds is 7. The molecular weight excluding hydrogens is 446 g/mol. The van der Waals surface area contributed by atoms with Gasteiger partial charge in [0.15, 0.2) is 0 Å². The van der Waals surface area contributed by atoms with Crippen LogP contribution in [0.2, 0.25) is 0 Å². The third-order valence-corrected chi connectivity index (χ3v) is 6.06. The van der Waals surface area contributed by atoms with E-state index in [0.717, 1.165) is 24.3 Å². The molecule has 14 heteroatoms. The molecule has 0 aliphatic heterocycles. The molecule has 0 aromatic heterocycles. The number of nitro groups is 1. The van der Waals surface area contributed by atoms with Gasteiger partial charge in [-0.2, -0.15) is 4.39 Å². The van der Waals surface area contributed by atoms with Gasteiger partial charge in [0.05, 0.1) is 33.5 Å². The lowest BCUT2D eigenvalue weighted by Crippen LogP contribution is -2.14. The molecule has 0 aliphatic carbocycles. The van der Waals surface area contributed by atoms with Crippen LogP contribution in [0.4, 0.5) is 31.5 Å². The Morgan fingerprint density at radius 3 is 1.73 bits per heavy atom. The SMILES string of the molecule is CCS(=O)(=O)Nc1ccc(F)c(N)c1.CCS(=O)(=O)Nc1ccc(F)c([N+](=O)[O-])c1. The van der Waals surface area contributed by atoms with Gasteiger partial charge >= 0.3 is 5.69 Å². The Balaban J connectivity index is 0.000000303. The summed E-state index contributed by atoms with van der Waals surface area (Å²) in [6.45, 7) is 2.93. The van der Waals surface area contributed by atoms with E-state index in [1.54, 1.807) is 0 Å². The molecule has 30 heavy (non-hydrogen) atoms. The second-order valence-corrected chi connectivity index (χ2v) is 9.69. The number of hydrogen-bond donors (Lipinski definition) is 3. The molecule has 0 aliphatic rings. The standard InChI is InChI=1S/C8H9FN2O4S.C8H11FN2O2S/c1-2-16(14,15)10-6-3-4-7(9)8(5-6)11(12)13;1-2-14(12,13)11-6-3-4-7(9)8(10)5-6/h3-5,10H,2H2,1H3;3-5,11H,2,10H2,1H3. The number of benzene rings is 2. The number of nitrogens with one attached hydrogen (secondary N) is 2. The van der Waals surface area contributed by atoms with Crippen molar-refractivity contribution in [1.29, 1.82) is 0 Å². The van der Waals surface area contributed by atoms with Crippen molar-refractivity contribution in [3.8, 4) is 0 Å². The zero-order valence-corrected chi connectivity index (χ0v) is 17.6.